The average molecular weight is 258 g/mol. The molecule has 1 atom stereocenters. The number of benzene rings is 1. The van der Waals surface area contributed by atoms with Crippen LogP contribution >= 0.6 is 11.6 Å². The normalized spacial score (nSPS) is 12.0. The third kappa shape index (κ3) is 3.11. The molecule has 0 saturated carbocycles. The number of methoxy groups -OCH3 is 2. The van der Waals surface area contributed by atoms with Gasteiger partial charge in [0.25, 0.3) is 0 Å². The van der Waals surface area contributed by atoms with Crippen molar-refractivity contribution in [1.82, 2.24) is 5.32 Å². The van der Waals surface area contributed by atoms with Crippen LogP contribution < -0.4 is 10.1 Å². The molecule has 1 aromatic rings. The third-order valence-corrected chi connectivity index (χ3v) is 2.70. The van der Waals surface area contributed by atoms with Crippen molar-refractivity contribution in [2.45, 2.75) is 13.0 Å². The molecule has 0 bridgehead atoms. The Bertz CT molecular complexity index is 395. The lowest BCUT2D eigenvalue weighted by Gasteiger charge is -2.19. The Balaban J connectivity index is 3.21. The summed E-state index contributed by atoms with van der Waals surface area (Å²) >= 11 is 6.11. The van der Waals surface area contributed by atoms with Crippen molar-refractivity contribution in [1.29, 1.82) is 0 Å². The van der Waals surface area contributed by atoms with E-state index in [9.17, 15) is 4.79 Å². The van der Waals surface area contributed by atoms with Crippen molar-refractivity contribution in [2.75, 3.05) is 20.8 Å². The van der Waals surface area contributed by atoms with E-state index in [-0.39, 0.29) is 0 Å². The molecular weight excluding hydrogens is 242 g/mol. The van der Waals surface area contributed by atoms with Gasteiger partial charge in [-0.25, -0.2) is 4.79 Å². The first-order chi connectivity index (χ1) is 8.15. The van der Waals surface area contributed by atoms with E-state index in [0.717, 1.165) is 0 Å². The number of esters is 1. The Morgan fingerprint density at radius 2 is 2.18 bits per heavy atom. The van der Waals surface area contributed by atoms with Crippen LogP contribution in [0.4, 0.5) is 0 Å². The molecule has 0 aromatic heterocycles. The van der Waals surface area contributed by atoms with Crippen LogP contribution in [0, 0.1) is 0 Å². The summed E-state index contributed by atoms with van der Waals surface area (Å²) in [5.41, 5.74) is 0.602. The largest absolute Gasteiger partial charge is 0.496 e. The number of carbonyl (C=O) groups excluding carboxylic acids is 1. The molecule has 0 heterocycles. The first-order valence-corrected chi connectivity index (χ1v) is 5.67. The summed E-state index contributed by atoms with van der Waals surface area (Å²) in [6.45, 7) is 2.52. The van der Waals surface area contributed by atoms with Crippen molar-refractivity contribution in [3.05, 3.63) is 28.8 Å². The van der Waals surface area contributed by atoms with Crippen LogP contribution in [0.3, 0.4) is 0 Å². The zero-order valence-electron chi connectivity index (χ0n) is 10.1. The van der Waals surface area contributed by atoms with E-state index >= 15 is 0 Å². The fraction of sp³-hybridized carbons (Fsp3) is 0.417. The van der Waals surface area contributed by atoms with Crippen molar-refractivity contribution in [3.8, 4) is 5.75 Å². The van der Waals surface area contributed by atoms with Gasteiger partial charge in [0.05, 0.1) is 14.2 Å². The maximum atomic E-state index is 11.7. The van der Waals surface area contributed by atoms with Crippen molar-refractivity contribution in [2.24, 2.45) is 0 Å². The molecule has 0 aliphatic rings. The van der Waals surface area contributed by atoms with Gasteiger partial charge in [-0.05, 0) is 18.7 Å². The maximum absolute atomic E-state index is 11.7. The van der Waals surface area contributed by atoms with Crippen LogP contribution in [0.25, 0.3) is 0 Å². The third-order valence-electron chi connectivity index (χ3n) is 2.37. The van der Waals surface area contributed by atoms with E-state index in [0.29, 0.717) is 22.9 Å². The molecule has 0 spiro atoms. The number of likely N-dealkylation sites (N-methyl/N-ethyl adjacent to an activating group) is 1. The van der Waals surface area contributed by atoms with Crippen LogP contribution in [-0.4, -0.2) is 26.7 Å². The molecule has 0 saturated heterocycles. The maximum Gasteiger partial charge on any atom is 0.327 e. The monoisotopic (exact) mass is 257 g/mol. The van der Waals surface area contributed by atoms with Gasteiger partial charge in [-0.15, -0.1) is 0 Å². The zero-order valence-corrected chi connectivity index (χ0v) is 10.9. The zero-order chi connectivity index (χ0) is 12.8. The Morgan fingerprint density at radius 3 is 2.71 bits per heavy atom. The Kier molecular flexibility index (Phi) is 5.25. The highest BCUT2D eigenvalue weighted by Crippen LogP contribution is 2.32. The molecule has 1 N–H and O–H groups in total. The number of carbonyl (C=O) groups is 1. The van der Waals surface area contributed by atoms with Crippen LogP contribution in [0.1, 0.15) is 18.5 Å². The minimum absolute atomic E-state index is 0.391. The van der Waals surface area contributed by atoms with E-state index in [1.165, 1.54) is 14.2 Å². The Morgan fingerprint density at radius 1 is 1.47 bits per heavy atom. The summed E-state index contributed by atoms with van der Waals surface area (Å²) in [5.74, 6) is 0.173. The first kappa shape index (κ1) is 13.8. The Labute approximate surface area is 106 Å². The summed E-state index contributed by atoms with van der Waals surface area (Å²) < 4.78 is 9.97. The second kappa shape index (κ2) is 6.47. The lowest BCUT2D eigenvalue weighted by Crippen LogP contribution is -2.30. The van der Waals surface area contributed by atoms with E-state index < -0.39 is 12.0 Å². The molecule has 5 heteroatoms. The van der Waals surface area contributed by atoms with Crippen molar-refractivity contribution >= 4 is 17.6 Å². The van der Waals surface area contributed by atoms with Crippen molar-refractivity contribution < 1.29 is 14.3 Å². The van der Waals surface area contributed by atoms with Crippen LogP contribution in [0.2, 0.25) is 5.02 Å². The smallest absolute Gasteiger partial charge is 0.327 e. The van der Waals surface area contributed by atoms with E-state index in [2.05, 4.69) is 5.32 Å². The Hall–Kier alpha value is -1.26. The highest BCUT2D eigenvalue weighted by atomic mass is 35.5. The molecule has 0 radical (unpaired) electrons. The molecule has 0 fully saturated rings. The van der Waals surface area contributed by atoms with Gasteiger partial charge in [0.1, 0.15) is 11.8 Å². The quantitative estimate of drug-likeness (QED) is 0.822. The minimum atomic E-state index is -0.617. The number of hydrogen-bond donors (Lipinski definition) is 1. The molecule has 94 valence electrons. The number of hydrogen-bond acceptors (Lipinski definition) is 4. The predicted octanol–water partition coefficient (Wildman–Crippen LogP) is 2.17. The van der Waals surface area contributed by atoms with Gasteiger partial charge in [0.2, 0.25) is 0 Å². The van der Waals surface area contributed by atoms with Gasteiger partial charge in [0, 0.05) is 10.6 Å². The van der Waals surface area contributed by atoms with Gasteiger partial charge in [-0.3, -0.25) is 0 Å². The molecular formula is C12H16ClNO3. The summed E-state index contributed by atoms with van der Waals surface area (Å²) in [6.07, 6.45) is 0. The summed E-state index contributed by atoms with van der Waals surface area (Å²) in [7, 11) is 2.88. The highest BCUT2D eigenvalue weighted by molar-refractivity contribution is 6.31. The fourth-order valence-electron chi connectivity index (χ4n) is 1.60. The highest BCUT2D eigenvalue weighted by Gasteiger charge is 2.26. The molecule has 0 amide bonds. The van der Waals surface area contributed by atoms with Gasteiger partial charge in [-0.2, -0.15) is 0 Å². The fourth-order valence-corrected chi connectivity index (χ4v) is 1.88. The van der Waals surface area contributed by atoms with E-state index in [4.69, 9.17) is 21.1 Å². The van der Waals surface area contributed by atoms with Gasteiger partial charge >= 0.3 is 5.97 Å². The number of rotatable bonds is 5. The minimum Gasteiger partial charge on any atom is -0.496 e. The van der Waals surface area contributed by atoms with Crippen LogP contribution in [-0.2, 0) is 9.53 Å². The topological polar surface area (TPSA) is 47.6 Å². The van der Waals surface area contributed by atoms with Crippen molar-refractivity contribution in [3.63, 3.8) is 0 Å². The average Bonchev–Trinajstić information content (AvgIpc) is 2.35. The SMILES string of the molecule is CCNC(C(=O)OC)c1c(Cl)cccc1OC. The van der Waals surface area contributed by atoms with Gasteiger partial charge in [0.15, 0.2) is 0 Å². The molecule has 1 aromatic carbocycles. The lowest BCUT2D eigenvalue weighted by molar-refractivity contribution is -0.143. The summed E-state index contributed by atoms with van der Waals surface area (Å²) in [6, 6.07) is 4.63. The standard InChI is InChI=1S/C12H16ClNO3/c1-4-14-11(12(15)17-3)10-8(13)6-5-7-9(10)16-2/h5-7,11,14H,4H2,1-3H3. The summed E-state index contributed by atoms with van der Waals surface area (Å²) in [4.78, 5) is 11.7. The second-order valence-electron chi connectivity index (χ2n) is 3.37. The van der Waals surface area contributed by atoms with Gasteiger partial charge < -0.3 is 14.8 Å². The molecule has 4 nitrogen and oxygen atoms in total. The second-order valence-corrected chi connectivity index (χ2v) is 3.78. The molecule has 1 unspecified atom stereocenters. The molecule has 1 rings (SSSR count). The predicted molar refractivity (Wildman–Crippen MR) is 66.4 cm³/mol. The number of halogens is 1. The van der Waals surface area contributed by atoms with Crippen LogP contribution in [0.15, 0.2) is 18.2 Å². The lowest BCUT2D eigenvalue weighted by atomic mass is 10.1. The molecule has 0 aliphatic carbocycles. The van der Waals surface area contributed by atoms with E-state index in [1.807, 2.05) is 6.92 Å². The number of nitrogens with one attached hydrogen (secondary N) is 1. The molecule has 0 aliphatic heterocycles. The van der Waals surface area contributed by atoms with E-state index in [1.54, 1.807) is 18.2 Å². The summed E-state index contributed by atoms with van der Waals surface area (Å²) in [5, 5.41) is 3.50. The number of ether oxygens (including phenoxy) is 2. The first-order valence-electron chi connectivity index (χ1n) is 5.29. The van der Waals surface area contributed by atoms with Crippen LogP contribution in [0.5, 0.6) is 5.75 Å². The molecule has 17 heavy (non-hydrogen) atoms. The van der Waals surface area contributed by atoms with Gasteiger partial charge in [-0.1, -0.05) is 24.6 Å².